The maximum absolute atomic E-state index is 12.3. The molecule has 0 aliphatic carbocycles. The lowest BCUT2D eigenvalue weighted by atomic mass is 10.1. The lowest BCUT2D eigenvalue weighted by Gasteiger charge is -2.20. The second-order valence-corrected chi connectivity index (χ2v) is 5.13. The Morgan fingerprint density at radius 1 is 1.30 bits per heavy atom. The molecule has 0 aliphatic heterocycles. The summed E-state index contributed by atoms with van der Waals surface area (Å²) < 4.78 is 1.75. The maximum Gasteiger partial charge on any atom is 0.223 e. The van der Waals surface area contributed by atoms with Gasteiger partial charge in [-0.3, -0.25) is 9.48 Å². The third kappa shape index (κ3) is 6.12. The van der Waals surface area contributed by atoms with Crippen LogP contribution in [0.25, 0.3) is 0 Å². The highest BCUT2D eigenvalue weighted by Gasteiger charge is 2.13. The van der Waals surface area contributed by atoms with E-state index in [0.717, 1.165) is 16.8 Å². The fourth-order valence-electron chi connectivity index (χ4n) is 2.31. The minimum atomic E-state index is 0. The number of rotatable bonds is 6. The molecule has 1 amide bonds. The Morgan fingerprint density at radius 3 is 2.57 bits per heavy atom. The molecular weight excluding hydrogens is 335 g/mol. The predicted molar refractivity (Wildman–Crippen MR) is 98.0 cm³/mol. The van der Waals surface area contributed by atoms with Gasteiger partial charge in [0.25, 0.3) is 0 Å². The van der Waals surface area contributed by atoms with Crippen molar-refractivity contribution in [2.45, 2.75) is 26.3 Å². The van der Waals surface area contributed by atoms with Crippen molar-refractivity contribution in [3.8, 4) is 0 Å². The molecule has 0 unspecified atom stereocenters. The van der Waals surface area contributed by atoms with E-state index in [1.54, 1.807) is 10.9 Å². The quantitative estimate of drug-likeness (QED) is 0.807. The van der Waals surface area contributed by atoms with E-state index >= 15 is 0 Å². The number of hydrogen-bond acceptors (Lipinski definition) is 3. The summed E-state index contributed by atoms with van der Waals surface area (Å²) in [5.74, 6) is 0.143. The molecule has 2 N–H and O–H groups in total. The molecule has 1 aromatic heterocycles. The molecule has 128 valence electrons. The summed E-state index contributed by atoms with van der Waals surface area (Å²) in [6.45, 7) is 3.29. The number of anilines is 1. The molecule has 0 bridgehead atoms. The number of halogens is 2. The van der Waals surface area contributed by atoms with Crippen molar-refractivity contribution < 1.29 is 4.79 Å². The van der Waals surface area contributed by atoms with Crippen LogP contribution in [0.4, 0.5) is 5.69 Å². The first-order valence-electron chi connectivity index (χ1n) is 7.18. The Balaban J connectivity index is 0.00000242. The van der Waals surface area contributed by atoms with Crippen LogP contribution in [-0.2, 0) is 24.8 Å². The maximum atomic E-state index is 12.3. The van der Waals surface area contributed by atoms with Crippen LogP contribution in [0.3, 0.4) is 0 Å². The summed E-state index contributed by atoms with van der Waals surface area (Å²) in [4.78, 5) is 14.2. The lowest BCUT2D eigenvalue weighted by molar-refractivity contribution is -0.131. The molecule has 5 nitrogen and oxygen atoms in total. The highest BCUT2D eigenvalue weighted by Crippen LogP contribution is 2.14. The molecule has 0 fully saturated rings. The molecule has 2 rings (SSSR count). The summed E-state index contributed by atoms with van der Waals surface area (Å²) in [5, 5.41) is 4.13. The number of aromatic nitrogens is 2. The first-order valence-corrected chi connectivity index (χ1v) is 7.18. The molecular formula is C16H24Cl2N4O. The third-order valence-electron chi connectivity index (χ3n) is 3.53. The molecule has 0 radical (unpaired) electrons. The van der Waals surface area contributed by atoms with Gasteiger partial charge in [-0.15, -0.1) is 24.8 Å². The van der Waals surface area contributed by atoms with Crippen molar-refractivity contribution in [3.05, 3.63) is 47.8 Å². The zero-order chi connectivity index (χ0) is 15.2. The van der Waals surface area contributed by atoms with Gasteiger partial charge in [-0.25, -0.2) is 0 Å². The fourth-order valence-corrected chi connectivity index (χ4v) is 2.31. The summed E-state index contributed by atoms with van der Waals surface area (Å²) >= 11 is 0. The van der Waals surface area contributed by atoms with Crippen LogP contribution in [0, 0.1) is 0 Å². The predicted octanol–water partition coefficient (Wildman–Crippen LogP) is 2.83. The monoisotopic (exact) mass is 358 g/mol. The van der Waals surface area contributed by atoms with Crippen molar-refractivity contribution in [2.24, 2.45) is 7.05 Å². The van der Waals surface area contributed by atoms with Crippen molar-refractivity contribution in [3.63, 3.8) is 0 Å². The summed E-state index contributed by atoms with van der Waals surface area (Å²) in [6, 6.07) is 7.69. The zero-order valence-corrected chi connectivity index (χ0v) is 15.1. The van der Waals surface area contributed by atoms with Gasteiger partial charge >= 0.3 is 0 Å². The van der Waals surface area contributed by atoms with Crippen molar-refractivity contribution in [1.29, 1.82) is 0 Å². The number of amides is 1. The Labute approximate surface area is 149 Å². The largest absolute Gasteiger partial charge is 0.399 e. The van der Waals surface area contributed by atoms with Gasteiger partial charge in [0, 0.05) is 44.0 Å². The number of benzene rings is 1. The first kappa shape index (κ1) is 21.3. The van der Waals surface area contributed by atoms with E-state index in [-0.39, 0.29) is 30.7 Å². The Morgan fingerprint density at radius 2 is 2.00 bits per heavy atom. The number of nitrogens with zero attached hydrogens (tertiary/aromatic N) is 3. The molecule has 23 heavy (non-hydrogen) atoms. The van der Waals surface area contributed by atoms with Gasteiger partial charge in [-0.2, -0.15) is 5.10 Å². The SMILES string of the molecule is CCN(Cc1cnn(C)c1)C(=O)CCc1ccccc1N.Cl.Cl. The Hall–Kier alpha value is -1.72. The topological polar surface area (TPSA) is 64.2 Å². The van der Waals surface area contributed by atoms with Gasteiger partial charge in [0.15, 0.2) is 0 Å². The van der Waals surface area contributed by atoms with Gasteiger partial charge in [0.2, 0.25) is 5.91 Å². The van der Waals surface area contributed by atoms with Gasteiger partial charge in [0.1, 0.15) is 0 Å². The molecule has 0 aliphatic rings. The van der Waals surface area contributed by atoms with Crippen LogP contribution < -0.4 is 5.73 Å². The average Bonchev–Trinajstić information content (AvgIpc) is 2.89. The van der Waals surface area contributed by atoms with Crippen LogP contribution in [0.2, 0.25) is 0 Å². The highest BCUT2D eigenvalue weighted by atomic mass is 35.5. The van der Waals surface area contributed by atoms with Crippen LogP contribution in [0.1, 0.15) is 24.5 Å². The number of hydrogen-bond donors (Lipinski definition) is 1. The number of aryl methyl sites for hydroxylation is 2. The number of nitrogen functional groups attached to an aromatic ring is 1. The number of carbonyl (C=O) groups excluding carboxylic acids is 1. The van der Waals surface area contributed by atoms with E-state index in [1.165, 1.54) is 0 Å². The molecule has 0 atom stereocenters. The van der Waals surface area contributed by atoms with E-state index in [9.17, 15) is 4.79 Å². The smallest absolute Gasteiger partial charge is 0.223 e. The summed E-state index contributed by atoms with van der Waals surface area (Å²) in [6.07, 6.45) is 4.88. The fraction of sp³-hybridized carbons (Fsp3) is 0.375. The molecule has 0 saturated heterocycles. The van der Waals surface area contributed by atoms with Crippen LogP contribution in [0.5, 0.6) is 0 Å². The third-order valence-corrected chi connectivity index (χ3v) is 3.53. The van der Waals surface area contributed by atoms with Crippen molar-refractivity contribution >= 4 is 36.4 Å². The second kappa shape index (κ2) is 10.1. The summed E-state index contributed by atoms with van der Waals surface area (Å²) in [5.41, 5.74) is 8.74. The van der Waals surface area contributed by atoms with E-state index in [4.69, 9.17) is 5.73 Å². The lowest BCUT2D eigenvalue weighted by Crippen LogP contribution is -2.30. The molecule has 1 heterocycles. The summed E-state index contributed by atoms with van der Waals surface area (Å²) in [7, 11) is 1.87. The average molecular weight is 359 g/mol. The number of nitrogens with two attached hydrogens (primary N) is 1. The van der Waals surface area contributed by atoms with Crippen LogP contribution in [0.15, 0.2) is 36.7 Å². The molecule has 0 saturated carbocycles. The standard InChI is InChI=1S/C16H22N4O.2ClH/c1-3-20(12-13-10-18-19(2)11-13)16(21)9-8-14-6-4-5-7-15(14)17;;/h4-7,10-11H,3,8-9,12,17H2,1-2H3;2*1H. The number of carbonyl (C=O) groups is 1. The normalized spacial score (nSPS) is 9.65. The van der Waals surface area contributed by atoms with E-state index in [2.05, 4.69) is 5.10 Å². The van der Waals surface area contributed by atoms with E-state index in [0.29, 0.717) is 25.9 Å². The molecule has 7 heteroatoms. The first-order chi connectivity index (χ1) is 10.1. The Bertz CT molecular complexity index is 616. The van der Waals surface area contributed by atoms with Crippen LogP contribution in [-0.4, -0.2) is 27.1 Å². The molecule has 0 spiro atoms. The van der Waals surface area contributed by atoms with Crippen molar-refractivity contribution in [1.82, 2.24) is 14.7 Å². The van der Waals surface area contributed by atoms with Gasteiger partial charge in [-0.05, 0) is 25.0 Å². The van der Waals surface area contributed by atoms with Gasteiger partial charge < -0.3 is 10.6 Å². The Kier molecular flexibility index (Phi) is 9.37. The van der Waals surface area contributed by atoms with Gasteiger partial charge in [0.05, 0.1) is 6.20 Å². The molecule has 2 aromatic rings. The van der Waals surface area contributed by atoms with Crippen LogP contribution >= 0.6 is 24.8 Å². The number of para-hydroxylation sites is 1. The minimum Gasteiger partial charge on any atom is -0.399 e. The van der Waals surface area contributed by atoms with Crippen molar-refractivity contribution in [2.75, 3.05) is 12.3 Å². The van der Waals surface area contributed by atoms with Gasteiger partial charge in [-0.1, -0.05) is 18.2 Å². The zero-order valence-electron chi connectivity index (χ0n) is 13.4. The highest BCUT2D eigenvalue weighted by molar-refractivity contribution is 5.85. The molecule has 1 aromatic carbocycles. The minimum absolute atomic E-state index is 0. The van der Waals surface area contributed by atoms with E-state index in [1.807, 2.05) is 49.3 Å². The second-order valence-electron chi connectivity index (χ2n) is 5.13. The van der Waals surface area contributed by atoms with E-state index < -0.39 is 0 Å².